The Bertz CT molecular complexity index is 365. The third-order valence-electron chi connectivity index (χ3n) is 3.12. The van der Waals surface area contributed by atoms with Crippen molar-refractivity contribution in [2.24, 2.45) is 5.41 Å². The first-order valence-electron chi connectivity index (χ1n) is 6.00. The molecule has 1 aliphatic heterocycles. The highest BCUT2D eigenvalue weighted by Gasteiger charge is 2.34. The molecule has 0 aromatic heterocycles. The molecule has 1 rings (SSSR count). The molecule has 0 aromatic rings. The molecule has 0 spiro atoms. The Kier molecular flexibility index (Phi) is 4.32. The minimum Gasteiger partial charge on any atom is -0.481 e. The number of hydrogen-bond acceptors (Lipinski definition) is 3. The number of amides is 2. The predicted molar refractivity (Wildman–Crippen MR) is 64.8 cm³/mol. The fourth-order valence-corrected chi connectivity index (χ4v) is 1.96. The number of aliphatic carboxylic acids is 1. The van der Waals surface area contributed by atoms with Crippen molar-refractivity contribution in [3.05, 3.63) is 0 Å². The molecular weight excluding hydrogens is 236 g/mol. The van der Waals surface area contributed by atoms with E-state index in [4.69, 9.17) is 5.11 Å². The van der Waals surface area contributed by atoms with Gasteiger partial charge in [-0.3, -0.25) is 14.4 Å². The van der Waals surface area contributed by atoms with Crippen LogP contribution in [0.15, 0.2) is 0 Å². The number of carboxylic acids is 1. The van der Waals surface area contributed by atoms with Gasteiger partial charge in [0.05, 0.1) is 5.41 Å². The standard InChI is InChI=1S/C12H20N2O4/c1-8(15)13-9-4-5-14(7-9)10(16)6-12(2,3)11(17)18/h9H,4-7H2,1-3H3,(H,13,15)(H,17,18). The summed E-state index contributed by atoms with van der Waals surface area (Å²) in [6.07, 6.45) is 0.702. The van der Waals surface area contributed by atoms with E-state index in [9.17, 15) is 14.4 Å². The molecule has 0 aliphatic carbocycles. The van der Waals surface area contributed by atoms with Crippen molar-refractivity contribution in [2.75, 3.05) is 13.1 Å². The number of carboxylic acid groups (broad SMARTS) is 1. The van der Waals surface area contributed by atoms with Crippen LogP contribution in [0.4, 0.5) is 0 Å². The lowest BCUT2D eigenvalue weighted by Gasteiger charge is -2.23. The summed E-state index contributed by atoms with van der Waals surface area (Å²) in [7, 11) is 0. The van der Waals surface area contributed by atoms with Gasteiger partial charge in [-0.25, -0.2) is 0 Å². The lowest BCUT2D eigenvalue weighted by molar-refractivity contribution is -0.151. The number of likely N-dealkylation sites (tertiary alicyclic amines) is 1. The molecule has 1 unspecified atom stereocenters. The van der Waals surface area contributed by atoms with E-state index in [1.165, 1.54) is 20.8 Å². The van der Waals surface area contributed by atoms with Crippen molar-refractivity contribution >= 4 is 17.8 Å². The first-order chi connectivity index (χ1) is 8.22. The van der Waals surface area contributed by atoms with Crippen molar-refractivity contribution in [1.82, 2.24) is 10.2 Å². The molecule has 102 valence electrons. The Hall–Kier alpha value is -1.59. The molecule has 1 aliphatic rings. The van der Waals surface area contributed by atoms with E-state index in [1.54, 1.807) is 4.90 Å². The van der Waals surface area contributed by atoms with Gasteiger partial charge in [-0.2, -0.15) is 0 Å². The summed E-state index contributed by atoms with van der Waals surface area (Å²) >= 11 is 0. The van der Waals surface area contributed by atoms with Crippen LogP contribution in [0.3, 0.4) is 0 Å². The maximum atomic E-state index is 11.9. The fraction of sp³-hybridized carbons (Fsp3) is 0.750. The second kappa shape index (κ2) is 5.37. The van der Waals surface area contributed by atoms with Gasteiger partial charge in [0, 0.05) is 32.5 Å². The molecule has 0 bridgehead atoms. The number of hydrogen-bond donors (Lipinski definition) is 2. The maximum Gasteiger partial charge on any atom is 0.309 e. The smallest absolute Gasteiger partial charge is 0.309 e. The van der Waals surface area contributed by atoms with Gasteiger partial charge >= 0.3 is 5.97 Å². The predicted octanol–water partition coefficient (Wildman–Crippen LogP) is 0.224. The molecule has 18 heavy (non-hydrogen) atoms. The van der Waals surface area contributed by atoms with Gasteiger partial charge in [-0.15, -0.1) is 0 Å². The van der Waals surface area contributed by atoms with Gasteiger partial charge in [0.1, 0.15) is 0 Å². The largest absolute Gasteiger partial charge is 0.481 e. The summed E-state index contributed by atoms with van der Waals surface area (Å²) in [6.45, 7) is 5.55. The zero-order chi connectivity index (χ0) is 13.9. The monoisotopic (exact) mass is 256 g/mol. The molecule has 0 saturated carbocycles. The van der Waals surface area contributed by atoms with Crippen molar-refractivity contribution < 1.29 is 19.5 Å². The van der Waals surface area contributed by atoms with Crippen LogP contribution in [0, 0.1) is 5.41 Å². The van der Waals surface area contributed by atoms with Crippen molar-refractivity contribution in [1.29, 1.82) is 0 Å². The summed E-state index contributed by atoms with van der Waals surface area (Å²) < 4.78 is 0. The lowest BCUT2D eigenvalue weighted by atomic mass is 9.89. The van der Waals surface area contributed by atoms with E-state index in [0.29, 0.717) is 13.1 Å². The highest BCUT2D eigenvalue weighted by molar-refractivity contribution is 5.84. The lowest BCUT2D eigenvalue weighted by Crippen LogP contribution is -2.39. The number of rotatable bonds is 4. The average molecular weight is 256 g/mol. The molecule has 1 saturated heterocycles. The Morgan fingerprint density at radius 1 is 1.39 bits per heavy atom. The van der Waals surface area contributed by atoms with Crippen LogP contribution >= 0.6 is 0 Å². The molecule has 0 aromatic carbocycles. The number of carbonyl (C=O) groups is 3. The Morgan fingerprint density at radius 3 is 2.50 bits per heavy atom. The van der Waals surface area contributed by atoms with Crippen molar-refractivity contribution in [3.8, 4) is 0 Å². The van der Waals surface area contributed by atoms with E-state index in [1.807, 2.05) is 0 Å². The maximum absolute atomic E-state index is 11.9. The van der Waals surface area contributed by atoms with Gasteiger partial charge in [-0.05, 0) is 20.3 Å². The molecule has 1 atom stereocenters. The molecule has 0 radical (unpaired) electrons. The Morgan fingerprint density at radius 2 is 2.00 bits per heavy atom. The molecular formula is C12H20N2O4. The second-order valence-electron chi connectivity index (χ2n) is 5.39. The normalized spacial score (nSPS) is 19.7. The van der Waals surface area contributed by atoms with Gasteiger partial charge in [0.15, 0.2) is 0 Å². The van der Waals surface area contributed by atoms with Crippen LogP contribution in [0.5, 0.6) is 0 Å². The summed E-state index contributed by atoms with van der Waals surface area (Å²) in [5, 5.41) is 11.7. The van der Waals surface area contributed by atoms with Gasteiger partial charge in [0.2, 0.25) is 11.8 Å². The summed E-state index contributed by atoms with van der Waals surface area (Å²) in [5.74, 6) is -1.26. The Labute approximate surface area is 106 Å². The first-order valence-corrected chi connectivity index (χ1v) is 6.00. The highest BCUT2D eigenvalue weighted by Crippen LogP contribution is 2.23. The summed E-state index contributed by atoms with van der Waals surface area (Å²) in [6, 6.07) is -0.0145. The van der Waals surface area contributed by atoms with Crippen LogP contribution in [-0.2, 0) is 14.4 Å². The third-order valence-corrected chi connectivity index (χ3v) is 3.12. The minimum atomic E-state index is -1.05. The fourth-order valence-electron chi connectivity index (χ4n) is 1.96. The number of nitrogens with zero attached hydrogens (tertiary/aromatic N) is 1. The number of carbonyl (C=O) groups excluding carboxylic acids is 2. The zero-order valence-corrected chi connectivity index (χ0v) is 11.0. The second-order valence-corrected chi connectivity index (χ2v) is 5.39. The van der Waals surface area contributed by atoms with Crippen molar-refractivity contribution in [2.45, 2.75) is 39.7 Å². The van der Waals surface area contributed by atoms with Gasteiger partial charge in [0.25, 0.3) is 0 Å². The van der Waals surface area contributed by atoms with Crippen LogP contribution < -0.4 is 5.32 Å². The van der Waals surface area contributed by atoms with Crippen molar-refractivity contribution in [3.63, 3.8) is 0 Å². The Balaban J connectivity index is 2.50. The molecule has 1 fully saturated rings. The summed E-state index contributed by atoms with van der Waals surface area (Å²) in [5.41, 5.74) is -1.05. The van der Waals surface area contributed by atoms with E-state index < -0.39 is 11.4 Å². The first kappa shape index (κ1) is 14.5. The topological polar surface area (TPSA) is 86.7 Å². The van der Waals surface area contributed by atoms with E-state index >= 15 is 0 Å². The number of nitrogens with one attached hydrogen (secondary N) is 1. The molecule has 2 N–H and O–H groups in total. The average Bonchev–Trinajstić information content (AvgIpc) is 2.64. The van der Waals surface area contributed by atoms with Crippen LogP contribution in [0.1, 0.15) is 33.6 Å². The SMILES string of the molecule is CC(=O)NC1CCN(C(=O)CC(C)(C)C(=O)O)C1. The molecule has 6 heteroatoms. The van der Waals surface area contributed by atoms with Crippen LogP contribution in [0.2, 0.25) is 0 Å². The van der Waals surface area contributed by atoms with E-state index in [2.05, 4.69) is 5.32 Å². The van der Waals surface area contributed by atoms with E-state index in [0.717, 1.165) is 6.42 Å². The van der Waals surface area contributed by atoms with Gasteiger partial charge in [-0.1, -0.05) is 0 Å². The third kappa shape index (κ3) is 3.72. The molecule has 6 nitrogen and oxygen atoms in total. The highest BCUT2D eigenvalue weighted by atomic mass is 16.4. The minimum absolute atomic E-state index is 0.0145. The zero-order valence-electron chi connectivity index (χ0n) is 11.0. The quantitative estimate of drug-likeness (QED) is 0.753. The van der Waals surface area contributed by atoms with E-state index in [-0.39, 0.29) is 24.3 Å². The van der Waals surface area contributed by atoms with Crippen LogP contribution in [-0.4, -0.2) is 46.9 Å². The molecule has 1 heterocycles. The van der Waals surface area contributed by atoms with Gasteiger partial charge < -0.3 is 15.3 Å². The molecule has 2 amide bonds. The summed E-state index contributed by atoms with van der Waals surface area (Å²) in [4.78, 5) is 35.4. The van der Waals surface area contributed by atoms with Crippen LogP contribution in [0.25, 0.3) is 0 Å².